The lowest BCUT2D eigenvalue weighted by Gasteiger charge is -2.31. The van der Waals surface area contributed by atoms with Crippen molar-refractivity contribution in [2.75, 3.05) is 13.2 Å². The summed E-state index contributed by atoms with van der Waals surface area (Å²) in [6, 6.07) is 3.12. The lowest BCUT2D eigenvalue weighted by Crippen LogP contribution is -2.49. The molecule has 2 fully saturated rings. The summed E-state index contributed by atoms with van der Waals surface area (Å²) in [6.45, 7) is 4.40. The highest BCUT2D eigenvalue weighted by molar-refractivity contribution is 6.30. The van der Waals surface area contributed by atoms with Crippen LogP contribution < -0.4 is 26.0 Å². The van der Waals surface area contributed by atoms with Gasteiger partial charge in [-0.15, -0.1) is 0 Å². The lowest BCUT2D eigenvalue weighted by atomic mass is 9.93. The molecule has 0 unspecified atom stereocenters. The van der Waals surface area contributed by atoms with Gasteiger partial charge in [0, 0.05) is 29.1 Å². The number of carbonyl (C=O) groups is 1. The van der Waals surface area contributed by atoms with Crippen molar-refractivity contribution in [1.82, 2.24) is 21.3 Å². The van der Waals surface area contributed by atoms with E-state index in [0.717, 1.165) is 25.7 Å². The quantitative estimate of drug-likeness (QED) is 0.227. The van der Waals surface area contributed by atoms with Gasteiger partial charge in [-0.1, -0.05) is 51.1 Å². The van der Waals surface area contributed by atoms with Crippen molar-refractivity contribution in [3.8, 4) is 5.75 Å². The molecule has 45 heavy (non-hydrogen) atoms. The number of fused-ring (bicyclic) bond motifs is 1. The molecule has 1 aliphatic carbocycles. The summed E-state index contributed by atoms with van der Waals surface area (Å²) >= 11 is 6.13. The second kappa shape index (κ2) is 16.2. The molecule has 11 heteroatoms. The lowest BCUT2D eigenvalue weighted by molar-refractivity contribution is -0.118. The van der Waals surface area contributed by atoms with Crippen LogP contribution in [0.25, 0.3) is 6.08 Å². The molecule has 1 amide bonds. The predicted octanol–water partition coefficient (Wildman–Crippen LogP) is 3.29. The van der Waals surface area contributed by atoms with E-state index < -0.39 is 24.0 Å². The summed E-state index contributed by atoms with van der Waals surface area (Å²) < 4.78 is 5.74. The van der Waals surface area contributed by atoms with Crippen LogP contribution in [0.2, 0.25) is 5.02 Å². The molecule has 238 valence electrons. The molecule has 1 saturated heterocycles. The van der Waals surface area contributed by atoms with Gasteiger partial charge in [-0.25, -0.2) is 19.2 Å². The van der Waals surface area contributed by atoms with Gasteiger partial charge in [0.05, 0.1) is 29.4 Å². The van der Waals surface area contributed by atoms with Crippen LogP contribution >= 0.6 is 11.6 Å². The first-order valence-electron chi connectivity index (χ1n) is 15.4. The van der Waals surface area contributed by atoms with Crippen molar-refractivity contribution in [3.05, 3.63) is 57.5 Å². The Kier molecular flexibility index (Phi) is 12.1. The Bertz CT molecular complexity index is 1490. The Balaban J connectivity index is 1.55. The molecule has 2 aliphatic heterocycles. The minimum Gasteiger partial charge on any atom is -0.488 e. The van der Waals surface area contributed by atoms with Gasteiger partial charge in [0.1, 0.15) is 47.5 Å². The number of amides is 1. The first-order valence-corrected chi connectivity index (χ1v) is 15.8. The van der Waals surface area contributed by atoms with Crippen LogP contribution in [0.1, 0.15) is 64.4 Å². The average Bonchev–Trinajstić information content (AvgIpc) is 3.72. The van der Waals surface area contributed by atoms with Gasteiger partial charge in [0.15, 0.2) is 0 Å². The second-order valence-corrected chi connectivity index (χ2v) is 12.6. The van der Waals surface area contributed by atoms with E-state index in [1.165, 1.54) is 6.08 Å². The number of nitrogens with one attached hydrogen (secondary N) is 4. The molecule has 10 nitrogen and oxygen atoms in total. The van der Waals surface area contributed by atoms with Crippen LogP contribution in [0.3, 0.4) is 0 Å². The maximum Gasteiger partial charge on any atom is 0.251 e. The van der Waals surface area contributed by atoms with Crippen LogP contribution in [-0.2, 0) is 24.0 Å². The van der Waals surface area contributed by atoms with Crippen molar-refractivity contribution in [1.29, 1.82) is 0 Å². The first kappa shape index (κ1) is 33.6. The molecular formula is C34H39ClN4O6. The Hall–Kier alpha value is -4.28. The minimum absolute atomic E-state index is 0.0499. The second-order valence-electron chi connectivity index (χ2n) is 12.1. The van der Waals surface area contributed by atoms with Gasteiger partial charge < -0.3 is 26.0 Å². The highest BCUT2D eigenvalue weighted by Crippen LogP contribution is 2.31. The summed E-state index contributed by atoms with van der Waals surface area (Å²) in [7, 11) is 0. The van der Waals surface area contributed by atoms with Crippen LogP contribution in [0.4, 0.5) is 0 Å². The number of rotatable bonds is 14. The molecule has 4 N–H and O–H groups in total. The third-order valence-electron chi connectivity index (χ3n) is 8.66. The zero-order valence-corrected chi connectivity index (χ0v) is 26.3. The zero-order valence-electron chi connectivity index (χ0n) is 25.5. The van der Waals surface area contributed by atoms with Crippen molar-refractivity contribution < 1.29 is 28.7 Å². The number of carbonyl (C=O) groups excluding carboxylic acids is 5. The molecule has 1 aromatic carbocycles. The van der Waals surface area contributed by atoms with Gasteiger partial charge in [0.2, 0.25) is 0 Å². The van der Waals surface area contributed by atoms with Crippen molar-refractivity contribution in [2.24, 2.45) is 17.8 Å². The number of ether oxygens (including phenoxy) is 1. The van der Waals surface area contributed by atoms with Crippen LogP contribution in [0, 0.1) is 17.8 Å². The maximum atomic E-state index is 13.4. The molecule has 0 aromatic heterocycles. The summed E-state index contributed by atoms with van der Waals surface area (Å²) in [5, 5.41) is 12.8. The predicted molar refractivity (Wildman–Crippen MR) is 171 cm³/mol. The van der Waals surface area contributed by atoms with Crippen molar-refractivity contribution >= 4 is 47.3 Å². The fraction of sp³-hybridized carbons (Fsp3) is 0.500. The Morgan fingerprint density at radius 3 is 2.47 bits per heavy atom. The number of allylic oxidation sites excluding steroid dienone is 1. The van der Waals surface area contributed by atoms with E-state index in [2.05, 4.69) is 21.3 Å². The molecule has 4 rings (SSSR count). The monoisotopic (exact) mass is 634 g/mol. The topological polar surface area (TPSA) is 143 Å². The number of halogens is 1. The minimum atomic E-state index is -0.758. The van der Waals surface area contributed by atoms with E-state index >= 15 is 0 Å². The summed E-state index contributed by atoms with van der Waals surface area (Å²) in [4.78, 5) is 61.1. The largest absolute Gasteiger partial charge is 0.488 e. The summed E-state index contributed by atoms with van der Waals surface area (Å²) in [5.74, 6) is 7.82. The zero-order chi connectivity index (χ0) is 32.3. The van der Waals surface area contributed by atoms with E-state index in [9.17, 15) is 24.0 Å². The average molecular weight is 635 g/mol. The number of benzene rings is 1. The Morgan fingerprint density at radius 2 is 1.80 bits per heavy atom. The molecule has 0 spiro atoms. The van der Waals surface area contributed by atoms with Gasteiger partial charge in [-0.05, 0) is 55.4 Å². The number of hydrogen-bond acceptors (Lipinski definition) is 9. The fourth-order valence-electron chi connectivity index (χ4n) is 6.27. The molecule has 1 saturated carbocycles. The molecule has 3 aliphatic rings. The Morgan fingerprint density at radius 1 is 1.04 bits per heavy atom. The third kappa shape index (κ3) is 8.89. The first-order chi connectivity index (χ1) is 21.8. The van der Waals surface area contributed by atoms with Crippen LogP contribution in [0.5, 0.6) is 5.75 Å². The standard InChI is InChI=1S/C34H39ClN4O6/c1-21(2)33(39-34(44)25-14-24-15-26(35)7-8-32(24)45-20-25)31(19-43)38-28(13-22-5-3-4-6-22)30(18-42)37-27(10-12-40)16-23-9-11-36-29(23)17-41/h7-8,10,14-15,21-23,27-28,33,36-38H,3-6,9,11,13,16,20H2,1-2H3,(H,39,44)/t23-,27+,28-,33-/m0/s1. The Labute approximate surface area is 268 Å². The highest BCUT2D eigenvalue weighted by atomic mass is 35.5. The van der Waals surface area contributed by atoms with Gasteiger partial charge >= 0.3 is 0 Å². The molecule has 0 radical (unpaired) electrons. The highest BCUT2D eigenvalue weighted by Gasteiger charge is 2.32. The van der Waals surface area contributed by atoms with Crippen molar-refractivity contribution in [2.45, 2.75) is 76.9 Å². The van der Waals surface area contributed by atoms with E-state index in [1.807, 2.05) is 31.7 Å². The van der Waals surface area contributed by atoms with Crippen LogP contribution in [-0.4, -0.2) is 60.9 Å². The molecule has 2 heterocycles. The van der Waals surface area contributed by atoms with Gasteiger partial charge in [-0.3, -0.25) is 4.79 Å². The molecule has 4 atom stereocenters. The van der Waals surface area contributed by atoms with Gasteiger partial charge in [-0.2, -0.15) is 0 Å². The van der Waals surface area contributed by atoms with E-state index in [0.29, 0.717) is 59.3 Å². The summed E-state index contributed by atoms with van der Waals surface area (Å²) in [5.41, 5.74) is 1.71. The number of hydrogen-bond donors (Lipinski definition) is 4. The summed E-state index contributed by atoms with van der Waals surface area (Å²) in [6.07, 6.45) is 8.67. The van der Waals surface area contributed by atoms with Gasteiger partial charge in [0.25, 0.3) is 5.91 Å². The SMILES string of the molecule is CC(C)[C@H](NC(=O)C1=Cc2cc(Cl)ccc2OC1)C(=C=O)N[C@@H](CC1CCCC1)C(=C=O)N[C@H](C=C=O)C[C@@H]1CCNC1=C=O. The normalized spacial score (nSPS) is 19.2. The van der Waals surface area contributed by atoms with E-state index in [1.54, 1.807) is 30.2 Å². The third-order valence-corrected chi connectivity index (χ3v) is 8.89. The van der Waals surface area contributed by atoms with E-state index in [4.69, 9.17) is 16.3 Å². The maximum absolute atomic E-state index is 13.4. The fourth-order valence-corrected chi connectivity index (χ4v) is 6.45. The van der Waals surface area contributed by atoms with Crippen LogP contribution in [0.15, 0.2) is 46.9 Å². The van der Waals surface area contributed by atoms with Crippen molar-refractivity contribution in [3.63, 3.8) is 0 Å². The molecular weight excluding hydrogens is 596 g/mol. The van der Waals surface area contributed by atoms with E-state index in [-0.39, 0.29) is 29.8 Å². The molecule has 0 bridgehead atoms. The smallest absolute Gasteiger partial charge is 0.251 e. The molecule has 1 aromatic rings.